The van der Waals surface area contributed by atoms with Crippen LogP contribution in [0.25, 0.3) is 0 Å². The van der Waals surface area contributed by atoms with E-state index in [9.17, 15) is 14.4 Å². The number of carbonyl (C=O) groups excluding carboxylic acids is 3. The number of carbonyl (C=O) groups is 3. The van der Waals surface area contributed by atoms with Crippen molar-refractivity contribution in [2.45, 2.75) is 79.9 Å². The van der Waals surface area contributed by atoms with Crippen LogP contribution in [0.5, 0.6) is 0 Å². The van der Waals surface area contributed by atoms with E-state index in [4.69, 9.17) is 9.47 Å². The zero-order valence-electron chi connectivity index (χ0n) is 17.9. The molecule has 0 unspecified atom stereocenters. The Labute approximate surface area is 161 Å². The Morgan fingerprint density at radius 2 is 1.22 bits per heavy atom. The van der Waals surface area contributed by atoms with Gasteiger partial charge in [0.25, 0.3) is 0 Å². The second-order valence-electron chi connectivity index (χ2n) is 8.53. The lowest BCUT2D eigenvalue weighted by Gasteiger charge is -2.29. The van der Waals surface area contributed by atoms with E-state index in [2.05, 4.69) is 0 Å². The van der Waals surface area contributed by atoms with Crippen LogP contribution < -0.4 is 4.90 Å². The van der Waals surface area contributed by atoms with Crippen LogP contribution in [-0.4, -0.2) is 29.2 Å². The minimum absolute atomic E-state index is 0.0117. The Hall–Kier alpha value is -2.37. The molecule has 27 heavy (non-hydrogen) atoms. The number of benzene rings is 1. The molecule has 1 rings (SSSR count). The van der Waals surface area contributed by atoms with E-state index in [0.29, 0.717) is 28.8 Å². The number of ketones is 1. The summed E-state index contributed by atoms with van der Waals surface area (Å²) in [6.07, 6.45) is -1.28. The minimum Gasteiger partial charge on any atom is -0.443 e. The van der Waals surface area contributed by atoms with E-state index < -0.39 is 23.4 Å². The van der Waals surface area contributed by atoms with Crippen LogP contribution in [0.3, 0.4) is 0 Å². The molecule has 0 N–H and O–H groups in total. The molecule has 0 saturated carbocycles. The normalized spacial score (nSPS) is 11.7. The Bertz CT molecular complexity index is 687. The van der Waals surface area contributed by atoms with Gasteiger partial charge in [-0.05, 0) is 78.6 Å². The predicted molar refractivity (Wildman–Crippen MR) is 105 cm³/mol. The quantitative estimate of drug-likeness (QED) is 0.644. The molecule has 0 radical (unpaired) electrons. The topological polar surface area (TPSA) is 72.9 Å². The molecule has 0 aromatic heterocycles. The maximum Gasteiger partial charge on any atom is 0.424 e. The first-order chi connectivity index (χ1) is 12.2. The molecule has 1 aromatic rings. The van der Waals surface area contributed by atoms with Crippen molar-refractivity contribution in [1.29, 1.82) is 0 Å². The maximum atomic E-state index is 12.7. The van der Waals surface area contributed by atoms with E-state index in [-0.39, 0.29) is 5.78 Å². The first-order valence-electron chi connectivity index (χ1n) is 9.07. The van der Waals surface area contributed by atoms with Crippen molar-refractivity contribution in [3.8, 4) is 0 Å². The summed E-state index contributed by atoms with van der Waals surface area (Å²) in [5, 5.41) is 0. The number of hydrogen-bond donors (Lipinski definition) is 0. The standard InChI is InChI=1S/C21H31NO5/c1-10-16(23)17-13(2)11-15(12-14(17)3)22(18(24)26-20(4,5)6)19(25)27-21(7,8)9/h11-12H,10H2,1-9H3. The summed E-state index contributed by atoms with van der Waals surface area (Å²) in [4.78, 5) is 38.5. The van der Waals surface area contributed by atoms with Crippen molar-refractivity contribution in [3.05, 3.63) is 28.8 Å². The average molecular weight is 377 g/mol. The summed E-state index contributed by atoms with van der Waals surface area (Å²) in [5.41, 5.74) is 0.734. The van der Waals surface area contributed by atoms with Gasteiger partial charge in [-0.25, -0.2) is 9.59 Å². The number of amides is 2. The summed E-state index contributed by atoms with van der Waals surface area (Å²) in [5.74, 6) is 0.0117. The van der Waals surface area contributed by atoms with Crippen molar-refractivity contribution in [1.82, 2.24) is 0 Å². The van der Waals surface area contributed by atoms with Gasteiger partial charge in [-0.1, -0.05) is 6.92 Å². The van der Waals surface area contributed by atoms with Crippen LogP contribution in [0.1, 0.15) is 76.4 Å². The van der Waals surface area contributed by atoms with E-state index >= 15 is 0 Å². The zero-order chi connectivity index (χ0) is 21.2. The Kier molecular flexibility index (Phi) is 6.81. The van der Waals surface area contributed by atoms with Crippen molar-refractivity contribution >= 4 is 23.7 Å². The predicted octanol–water partition coefficient (Wildman–Crippen LogP) is 5.57. The average Bonchev–Trinajstić information content (AvgIpc) is 2.42. The molecule has 0 saturated heterocycles. The molecule has 0 aliphatic carbocycles. The molecule has 0 aliphatic heterocycles. The van der Waals surface area contributed by atoms with Crippen molar-refractivity contribution < 1.29 is 23.9 Å². The van der Waals surface area contributed by atoms with Crippen LogP contribution in [-0.2, 0) is 9.47 Å². The van der Waals surface area contributed by atoms with E-state index in [1.54, 1.807) is 74.4 Å². The molecule has 0 atom stereocenters. The largest absolute Gasteiger partial charge is 0.443 e. The Morgan fingerprint density at radius 3 is 1.52 bits per heavy atom. The van der Waals surface area contributed by atoms with Gasteiger partial charge in [0.2, 0.25) is 0 Å². The van der Waals surface area contributed by atoms with Gasteiger partial charge >= 0.3 is 12.2 Å². The van der Waals surface area contributed by atoms with Gasteiger partial charge in [0.05, 0.1) is 5.69 Å². The molecule has 150 valence electrons. The molecule has 0 fully saturated rings. The lowest BCUT2D eigenvalue weighted by molar-refractivity contribution is 0.0430. The van der Waals surface area contributed by atoms with E-state index in [1.807, 2.05) is 0 Å². The van der Waals surface area contributed by atoms with Crippen LogP contribution in [0.15, 0.2) is 12.1 Å². The van der Waals surface area contributed by atoms with Gasteiger partial charge < -0.3 is 9.47 Å². The number of nitrogens with zero attached hydrogens (tertiary/aromatic N) is 1. The fourth-order valence-corrected chi connectivity index (χ4v) is 2.59. The summed E-state index contributed by atoms with van der Waals surface area (Å²) in [6, 6.07) is 3.26. The van der Waals surface area contributed by atoms with Crippen molar-refractivity contribution in [2.24, 2.45) is 0 Å². The maximum absolute atomic E-state index is 12.7. The fourth-order valence-electron chi connectivity index (χ4n) is 2.59. The number of Topliss-reactive ketones (excluding diaryl/α,β-unsaturated/α-hetero) is 1. The number of anilines is 1. The Morgan fingerprint density at radius 1 is 0.852 bits per heavy atom. The van der Waals surface area contributed by atoms with Gasteiger partial charge in [0.1, 0.15) is 11.2 Å². The van der Waals surface area contributed by atoms with Gasteiger partial charge in [-0.3, -0.25) is 4.79 Å². The van der Waals surface area contributed by atoms with E-state index in [1.165, 1.54) is 0 Å². The monoisotopic (exact) mass is 377 g/mol. The first-order valence-corrected chi connectivity index (χ1v) is 9.07. The van der Waals surface area contributed by atoms with E-state index in [0.717, 1.165) is 4.90 Å². The summed E-state index contributed by atoms with van der Waals surface area (Å²) in [6.45, 7) is 15.7. The zero-order valence-corrected chi connectivity index (χ0v) is 17.9. The van der Waals surface area contributed by atoms with Crippen molar-refractivity contribution in [3.63, 3.8) is 0 Å². The molecular weight excluding hydrogens is 346 g/mol. The summed E-state index contributed by atoms with van der Waals surface area (Å²) < 4.78 is 10.8. The highest BCUT2D eigenvalue weighted by Crippen LogP contribution is 2.27. The third kappa shape index (κ3) is 6.38. The van der Waals surface area contributed by atoms with Crippen molar-refractivity contribution in [2.75, 3.05) is 4.90 Å². The molecule has 0 heterocycles. The lowest BCUT2D eigenvalue weighted by Crippen LogP contribution is -2.44. The first kappa shape index (κ1) is 22.7. The molecular formula is C21H31NO5. The smallest absolute Gasteiger partial charge is 0.424 e. The van der Waals surface area contributed by atoms with Gasteiger partial charge in [-0.2, -0.15) is 4.90 Å². The lowest BCUT2D eigenvalue weighted by atomic mass is 9.96. The number of rotatable bonds is 3. The highest BCUT2D eigenvalue weighted by atomic mass is 16.6. The number of aryl methyl sites for hydroxylation is 2. The second-order valence-corrected chi connectivity index (χ2v) is 8.53. The molecule has 6 heteroatoms. The number of imide groups is 1. The third-order valence-electron chi connectivity index (χ3n) is 3.53. The molecule has 0 spiro atoms. The van der Waals surface area contributed by atoms with Crippen LogP contribution >= 0.6 is 0 Å². The van der Waals surface area contributed by atoms with Gasteiger partial charge in [0.15, 0.2) is 5.78 Å². The molecule has 0 aliphatic rings. The molecule has 1 aromatic carbocycles. The molecule has 0 bridgehead atoms. The number of hydrogen-bond acceptors (Lipinski definition) is 5. The summed E-state index contributed by atoms with van der Waals surface area (Å²) in [7, 11) is 0. The minimum atomic E-state index is -0.829. The Balaban J connectivity index is 3.45. The highest BCUT2D eigenvalue weighted by Gasteiger charge is 2.33. The van der Waals surface area contributed by atoms with Crippen LogP contribution in [0.4, 0.5) is 15.3 Å². The second kappa shape index (κ2) is 8.11. The van der Waals surface area contributed by atoms with Crippen LogP contribution in [0.2, 0.25) is 0 Å². The SMILES string of the molecule is CCC(=O)c1c(C)cc(N(C(=O)OC(C)(C)C)C(=O)OC(C)(C)C)cc1C. The fraction of sp³-hybridized carbons (Fsp3) is 0.571. The van der Waals surface area contributed by atoms with Gasteiger partial charge in [-0.15, -0.1) is 0 Å². The molecule has 2 amide bonds. The van der Waals surface area contributed by atoms with Gasteiger partial charge in [0, 0.05) is 12.0 Å². The summed E-state index contributed by atoms with van der Waals surface area (Å²) >= 11 is 0. The van der Waals surface area contributed by atoms with Crippen LogP contribution in [0, 0.1) is 13.8 Å². The highest BCUT2D eigenvalue weighted by molar-refractivity contribution is 6.10. The molecule has 6 nitrogen and oxygen atoms in total. The third-order valence-corrected chi connectivity index (χ3v) is 3.53. The number of ether oxygens (including phenoxy) is 2.